The van der Waals surface area contributed by atoms with Gasteiger partial charge in [0.1, 0.15) is 0 Å². The predicted octanol–water partition coefficient (Wildman–Crippen LogP) is 8.77. The van der Waals surface area contributed by atoms with Crippen LogP contribution in [0.1, 0.15) is 67.9 Å². The van der Waals surface area contributed by atoms with Crippen LogP contribution in [0.3, 0.4) is 0 Å². The lowest BCUT2D eigenvalue weighted by Gasteiger charge is -2.90. The van der Waals surface area contributed by atoms with Crippen LogP contribution >= 0.6 is 0 Å². The molecule has 3 fully saturated rings. The Morgan fingerprint density at radius 3 is 1.44 bits per heavy atom. The van der Waals surface area contributed by atoms with E-state index < -0.39 is 36.0 Å². The molecule has 2 radical (unpaired) electrons. The van der Waals surface area contributed by atoms with Gasteiger partial charge in [0.2, 0.25) is 0 Å². The maximum absolute atomic E-state index is 2.99. The van der Waals surface area contributed by atoms with E-state index in [2.05, 4.69) is 144 Å². The molecule has 3 aliphatic heterocycles. The monoisotopic (exact) mass is 574 g/mol. The van der Waals surface area contributed by atoms with Crippen molar-refractivity contribution in [2.45, 2.75) is 122 Å². The second kappa shape index (κ2) is 8.24. The minimum atomic E-state index is -1.35. The molecule has 3 heterocycles. The Balaban J connectivity index is 2.30. The normalized spacial score (nSPS) is 27.6. The number of benzene rings is 1. The SMILES string of the molecule is CC(C)(C)[Si](C)(C)[Si]1[Si]2([Si](C)(C)C(C)(C)C)C[Si]1([Si](C)(C)C(C)(C)C)[Si]2/C=C/c1ccccc1. The van der Waals surface area contributed by atoms with Gasteiger partial charge in [-0.2, -0.15) is 0 Å². The van der Waals surface area contributed by atoms with Crippen molar-refractivity contribution >= 4 is 57.3 Å². The second-order valence-corrected chi connectivity index (χ2v) is 86.7. The molecule has 190 valence electrons. The maximum atomic E-state index is 2.99. The van der Waals surface area contributed by atoms with Gasteiger partial charge in [-0.1, -0.05) is 144 Å². The summed E-state index contributed by atoms with van der Waals surface area (Å²) < 4.78 is 0. The molecule has 4 rings (SSSR count). The first kappa shape index (κ1) is 29.0. The van der Waals surface area contributed by atoms with Crippen LogP contribution in [0.5, 0.6) is 0 Å². The Morgan fingerprint density at radius 2 is 1.09 bits per heavy atom. The summed E-state index contributed by atoms with van der Waals surface area (Å²) in [7, 11) is -4.51. The topological polar surface area (TPSA) is 0 Å². The Bertz CT molecular complexity index is 904. The molecular weight excluding hydrogens is 521 g/mol. The fourth-order valence-corrected chi connectivity index (χ4v) is 348. The van der Waals surface area contributed by atoms with E-state index >= 15 is 0 Å². The molecular formula is C27H54Si7. The minimum Gasteiger partial charge on any atom is -0.102 e. The Hall–Kier alpha value is 0.478. The Kier molecular flexibility index (Phi) is 7.04. The van der Waals surface area contributed by atoms with Crippen molar-refractivity contribution in [3.05, 3.63) is 41.6 Å². The Morgan fingerprint density at radius 1 is 0.676 bits per heavy atom. The lowest BCUT2D eigenvalue weighted by molar-refractivity contribution is 0.729. The molecule has 3 saturated heterocycles. The third-order valence-corrected chi connectivity index (χ3v) is 184. The molecule has 0 saturated carbocycles. The highest BCUT2D eigenvalue weighted by atomic mass is 30.5. The van der Waals surface area contributed by atoms with Gasteiger partial charge in [0.05, 0.1) is 0 Å². The molecule has 2 unspecified atom stereocenters. The van der Waals surface area contributed by atoms with Gasteiger partial charge in [0.25, 0.3) is 0 Å². The molecule has 34 heavy (non-hydrogen) atoms. The quantitative estimate of drug-likeness (QED) is 0.308. The van der Waals surface area contributed by atoms with Crippen molar-refractivity contribution in [3.8, 4) is 0 Å². The Labute approximate surface area is 220 Å². The highest BCUT2D eigenvalue weighted by molar-refractivity contribution is 8.37. The van der Waals surface area contributed by atoms with Crippen LogP contribution in [-0.2, 0) is 0 Å². The van der Waals surface area contributed by atoms with Gasteiger partial charge >= 0.3 is 0 Å². The van der Waals surface area contributed by atoms with E-state index in [1.165, 1.54) is 5.56 Å². The highest BCUT2D eigenvalue weighted by Crippen LogP contribution is 2.71. The van der Waals surface area contributed by atoms with Gasteiger partial charge in [0.15, 0.2) is 0 Å². The number of hydrogen-bond donors (Lipinski definition) is 0. The summed E-state index contributed by atoms with van der Waals surface area (Å²) >= 11 is 0. The molecule has 7 heteroatoms. The van der Waals surface area contributed by atoms with Crippen molar-refractivity contribution in [1.82, 2.24) is 0 Å². The van der Waals surface area contributed by atoms with Crippen molar-refractivity contribution in [2.75, 3.05) is 0 Å². The first-order valence-electron chi connectivity index (χ1n) is 13.5. The van der Waals surface area contributed by atoms with Gasteiger partial charge in [-0.05, 0) is 20.7 Å². The smallest absolute Gasteiger partial charge is 0.0492 e. The van der Waals surface area contributed by atoms with Crippen LogP contribution in [-0.4, -0.2) is 51.2 Å². The van der Waals surface area contributed by atoms with Crippen molar-refractivity contribution < 1.29 is 0 Å². The lowest BCUT2D eigenvalue weighted by Crippen LogP contribution is -3.19. The number of rotatable bonds is 5. The third kappa shape index (κ3) is 3.61. The van der Waals surface area contributed by atoms with E-state index in [1.54, 1.807) is 0 Å². The molecule has 1 aromatic rings. The summed E-state index contributed by atoms with van der Waals surface area (Å²) in [6.07, 6.45) is 2.63. The summed E-state index contributed by atoms with van der Waals surface area (Å²) in [4.78, 5) is 0. The average molecular weight is 575 g/mol. The van der Waals surface area contributed by atoms with Gasteiger partial charge in [-0.25, -0.2) is 0 Å². The molecule has 0 aromatic heterocycles. The molecule has 0 aliphatic carbocycles. The van der Waals surface area contributed by atoms with Crippen molar-refractivity contribution in [2.24, 2.45) is 0 Å². The van der Waals surface area contributed by atoms with Crippen LogP contribution in [0.25, 0.3) is 6.08 Å². The molecule has 0 nitrogen and oxygen atoms in total. The van der Waals surface area contributed by atoms with Crippen LogP contribution in [0, 0.1) is 0 Å². The second-order valence-electron chi connectivity index (χ2n) is 16.1. The molecule has 2 atom stereocenters. The van der Waals surface area contributed by atoms with Crippen molar-refractivity contribution in [3.63, 3.8) is 0 Å². The average Bonchev–Trinajstić information content (AvgIpc) is 2.57. The van der Waals surface area contributed by atoms with Crippen molar-refractivity contribution in [1.29, 1.82) is 0 Å². The zero-order chi connectivity index (χ0) is 26.4. The summed E-state index contributed by atoms with van der Waals surface area (Å²) in [5, 5.41) is 1.64. The van der Waals surface area contributed by atoms with Gasteiger partial charge in [-0.3, -0.25) is 0 Å². The molecule has 2 bridgehead atoms. The maximum Gasteiger partial charge on any atom is 0.0492 e. The molecule has 1 aromatic carbocycles. The van der Waals surface area contributed by atoms with Crippen LogP contribution in [0.15, 0.2) is 36.0 Å². The summed E-state index contributed by atoms with van der Waals surface area (Å²) in [6, 6.07) is 11.3. The molecule has 0 N–H and O–H groups in total. The fraction of sp³-hybridized carbons (Fsp3) is 0.704. The largest absolute Gasteiger partial charge is 0.102 e. The molecule has 0 amide bonds. The molecule has 0 spiro atoms. The van der Waals surface area contributed by atoms with E-state index in [0.29, 0.717) is 15.1 Å². The number of hydrogen-bond acceptors (Lipinski definition) is 0. The van der Waals surface area contributed by atoms with E-state index in [4.69, 9.17) is 0 Å². The third-order valence-electron chi connectivity index (χ3n) is 11.9. The van der Waals surface area contributed by atoms with Crippen LogP contribution in [0.4, 0.5) is 0 Å². The highest BCUT2D eigenvalue weighted by Gasteiger charge is 2.94. The summed E-state index contributed by atoms with van der Waals surface area (Å²) in [6.45, 7) is 38.9. The van der Waals surface area contributed by atoms with Gasteiger partial charge in [-0.15, -0.1) is 5.70 Å². The zero-order valence-electron chi connectivity index (χ0n) is 25.2. The first-order chi connectivity index (χ1) is 15.0. The first-order valence-corrected chi connectivity index (χ1v) is 37.0. The zero-order valence-corrected chi connectivity index (χ0v) is 32.2. The van der Waals surface area contributed by atoms with E-state index in [-0.39, 0.29) is 15.2 Å². The predicted molar refractivity (Wildman–Crippen MR) is 175 cm³/mol. The molecule has 3 aliphatic rings. The summed E-state index contributed by atoms with van der Waals surface area (Å²) in [5.41, 5.74) is 6.32. The standard InChI is InChI=1S/C27H54Si7/c1-25(2,3)30(10,11)29-33(31(12,13)26(4,5)6)23-34(29,32(14,15)27(7,8)9)28(33)22-21-24-19-17-16-18-20-24/h16-22H,23H2,1-15H3/b22-21+. The van der Waals surface area contributed by atoms with Crippen LogP contribution in [0.2, 0.25) is 60.1 Å². The van der Waals surface area contributed by atoms with Crippen LogP contribution < -0.4 is 0 Å². The summed E-state index contributed by atoms with van der Waals surface area (Å²) in [5.74, 6) is 0. The lowest BCUT2D eigenvalue weighted by atomic mass is 10.2. The van der Waals surface area contributed by atoms with Gasteiger partial charge < -0.3 is 0 Å². The van der Waals surface area contributed by atoms with E-state index in [9.17, 15) is 0 Å². The van der Waals surface area contributed by atoms with E-state index in [1.807, 2.05) is 5.67 Å². The minimum absolute atomic E-state index is 0.177. The van der Waals surface area contributed by atoms with Gasteiger partial charge in [0, 0.05) is 51.2 Å². The fourth-order valence-electron chi connectivity index (χ4n) is 6.98. The van der Waals surface area contributed by atoms with E-state index in [0.717, 1.165) is 0 Å².